The average molecular weight is 147 g/mol. The molecule has 0 radical (unpaired) electrons. The number of nitrogens with two attached hydrogens (primary N) is 1. The van der Waals surface area contributed by atoms with E-state index in [2.05, 4.69) is 0 Å². The van der Waals surface area contributed by atoms with Crippen LogP contribution in [-0.4, -0.2) is 28.8 Å². The van der Waals surface area contributed by atoms with Crippen molar-refractivity contribution in [3.8, 4) is 0 Å². The van der Waals surface area contributed by atoms with Crippen LogP contribution in [0, 0.1) is 5.92 Å². The predicted octanol–water partition coefficient (Wildman–Crippen LogP) is -1.15. The van der Waals surface area contributed by atoms with Crippen LogP contribution in [0.3, 0.4) is 0 Å². The lowest BCUT2D eigenvalue weighted by molar-refractivity contribution is -0.122. The highest BCUT2D eigenvalue weighted by Crippen LogP contribution is 2.03. The van der Waals surface area contributed by atoms with E-state index in [1.807, 2.05) is 0 Å². The van der Waals surface area contributed by atoms with Crippen molar-refractivity contribution in [1.82, 2.24) is 0 Å². The summed E-state index contributed by atoms with van der Waals surface area (Å²) in [4.78, 5) is 10.4. The predicted molar refractivity (Wildman–Crippen MR) is 36.1 cm³/mol. The Bertz CT molecular complexity index is 116. The molecule has 0 aromatic heterocycles. The van der Waals surface area contributed by atoms with Crippen LogP contribution in [0.4, 0.5) is 0 Å². The zero-order chi connectivity index (χ0) is 8.15. The molecule has 4 nitrogen and oxygen atoms in total. The highest BCUT2D eigenvalue weighted by Gasteiger charge is 2.13. The normalized spacial score (nSPS) is 16.3. The summed E-state index contributed by atoms with van der Waals surface area (Å²) in [6.45, 7) is 1.29. The first-order valence-corrected chi connectivity index (χ1v) is 3.16. The smallest absolute Gasteiger partial charge is 0.220 e. The quantitative estimate of drug-likeness (QED) is 0.469. The molecule has 0 aromatic carbocycles. The number of hydrogen-bond acceptors (Lipinski definition) is 3. The second kappa shape index (κ2) is 4.24. The molecular weight excluding hydrogens is 134 g/mol. The largest absolute Gasteiger partial charge is 0.394 e. The molecule has 0 saturated carbocycles. The van der Waals surface area contributed by atoms with Gasteiger partial charge in [-0.25, -0.2) is 0 Å². The number of aliphatic hydroxyl groups is 2. The Morgan fingerprint density at radius 3 is 2.50 bits per heavy atom. The lowest BCUT2D eigenvalue weighted by Gasteiger charge is -2.10. The van der Waals surface area contributed by atoms with Gasteiger partial charge in [-0.2, -0.15) is 0 Å². The first-order chi connectivity index (χ1) is 4.57. The molecule has 4 heteroatoms. The van der Waals surface area contributed by atoms with Crippen molar-refractivity contribution in [3.63, 3.8) is 0 Å². The fourth-order valence-electron chi connectivity index (χ4n) is 0.599. The first-order valence-electron chi connectivity index (χ1n) is 3.16. The third-order valence-corrected chi connectivity index (χ3v) is 1.32. The maximum Gasteiger partial charge on any atom is 0.220 e. The minimum atomic E-state index is -0.831. The Labute approximate surface area is 59.7 Å². The van der Waals surface area contributed by atoms with Crippen LogP contribution in [0.2, 0.25) is 0 Å². The van der Waals surface area contributed by atoms with Gasteiger partial charge in [0.05, 0.1) is 12.7 Å². The van der Waals surface area contributed by atoms with Crippen LogP contribution >= 0.6 is 0 Å². The average Bonchev–Trinajstić information content (AvgIpc) is 1.87. The van der Waals surface area contributed by atoms with Gasteiger partial charge in [0.25, 0.3) is 0 Å². The van der Waals surface area contributed by atoms with Crippen LogP contribution in [0.25, 0.3) is 0 Å². The maximum absolute atomic E-state index is 10.4. The molecule has 4 N–H and O–H groups in total. The molecule has 0 unspecified atom stereocenters. The molecular formula is C6H13NO3. The highest BCUT2D eigenvalue weighted by molar-refractivity contribution is 5.76. The molecule has 0 aliphatic carbocycles. The standard InChI is InChI=1S/C6H13NO3/c1-4(6(7)10)2-5(9)3-8/h4-5,8-9H,2-3H2,1H3,(H2,7,10)/t4-,5+/m0/s1. The SMILES string of the molecule is C[C@@H](C[C@@H](O)CO)C(N)=O. The van der Waals surface area contributed by atoms with Crippen LogP contribution in [-0.2, 0) is 4.79 Å². The van der Waals surface area contributed by atoms with Crippen molar-refractivity contribution in [1.29, 1.82) is 0 Å². The highest BCUT2D eigenvalue weighted by atomic mass is 16.3. The van der Waals surface area contributed by atoms with E-state index in [1.54, 1.807) is 6.92 Å². The molecule has 1 amide bonds. The van der Waals surface area contributed by atoms with Crippen LogP contribution in [0.15, 0.2) is 0 Å². The van der Waals surface area contributed by atoms with Crippen molar-refractivity contribution < 1.29 is 15.0 Å². The van der Waals surface area contributed by atoms with Crippen molar-refractivity contribution in [2.75, 3.05) is 6.61 Å². The van der Waals surface area contributed by atoms with Gasteiger partial charge in [-0.3, -0.25) is 4.79 Å². The van der Waals surface area contributed by atoms with Gasteiger partial charge in [0.2, 0.25) is 5.91 Å². The zero-order valence-electron chi connectivity index (χ0n) is 5.95. The molecule has 0 saturated heterocycles. The number of carbonyl (C=O) groups excluding carboxylic acids is 1. The lowest BCUT2D eigenvalue weighted by Crippen LogP contribution is -2.26. The number of amides is 1. The fourth-order valence-corrected chi connectivity index (χ4v) is 0.599. The third-order valence-electron chi connectivity index (χ3n) is 1.32. The van der Waals surface area contributed by atoms with Gasteiger partial charge in [0.15, 0.2) is 0 Å². The van der Waals surface area contributed by atoms with Crippen molar-refractivity contribution >= 4 is 5.91 Å². The van der Waals surface area contributed by atoms with E-state index >= 15 is 0 Å². The van der Waals surface area contributed by atoms with Crippen LogP contribution in [0.5, 0.6) is 0 Å². The summed E-state index contributed by atoms with van der Waals surface area (Å²) >= 11 is 0. The van der Waals surface area contributed by atoms with E-state index in [-0.39, 0.29) is 18.9 Å². The van der Waals surface area contributed by atoms with Crippen LogP contribution < -0.4 is 5.73 Å². The number of primary amides is 1. The van der Waals surface area contributed by atoms with E-state index in [4.69, 9.17) is 15.9 Å². The van der Waals surface area contributed by atoms with Gasteiger partial charge >= 0.3 is 0 Å². The summed E-state index contributed by atoms with van der Waals surface area (Å²) in [6.07, 6.45) is -0.603. The Balaban J connectivity index is 3.56. The topological polar surface area (TPSA) is 83.6 Å². The van der Waals surface area contributed by atoms with E-state index in [0.29, 0.717) is 0 Å². The molecule has 0 heterocycles. The van der Waals surface area contributed by atoms with E-state index in [0.717, 1.165) is 0 Å². The molecule has 0 rings (SSSR count). The molecule has 0 aromatic rings. The molecule has 2 atom stereocenters. The molecule has 10 heavy (non-hydrogen) atoms. The minimum absolute atomic E-state index is 0.228. The summed E-state index contributed by atoms with van der Waals surface area (Å²) in [7, 11) is 0. The van der Waals surface area contributed by atoms with Gasteiger partial charge < -0.3 is 15.9 Å². The van der Waals surface area contributed by atoms with Gasteiger partial charge in [-0.15, -0.1) is 0 Å². The summed E-state index contributed by atoms with van der Waals surface area (Å²) in [5, 5.41) is 17.2. The summed E-state index contributed by atoms with van der Waals surface area (Å²) < 4.78 is 0. The molecule has 0 aliphatic rings. The number of aliphatic hydroxyl groups excluding tert-OH is 2. The fraction of sp³-hybridized carbons (Fsp3) is 0.833. The van der Waals surface area contributed by atoms with Gasteiger partial charge in [0.1, 0.15) is 0 Å². The molecule has 0 bridgehead atoms. The van der Waals surface area contributed by atoms with Gasteiger partial charge in [0, 0.05) is 5.92 Å². The van der Waals surface area contributed by atoms with Crippen molar-refractivity contribution in [2.45, 2.75) is 19.4 Å². The van der Waals surface area contributed by atoms with Crippen LogP contribution in [0.1, 0.15) is 13.3 Å². The Hall–Kier alpha value is -0.610. The number of hydrogen-bond donors (Lipinski definition) is 3. The molecule has 0 aliphatic heterocycles. The minimum Gasteiger partial charge on any atom is -0.394 e. The van der Waals surface area contributed by atoms with E-state index in [1.165, 1.54) is 0 Å². The second-order valence-corrected chi connectivity index (χ2v) is 2.38. The van der Waals surface area contributed by atoms with Gasteiger partial charge in [-0.1, -0.05) is 6.92 Å². The third kappa shape index (κ3) is 3.42. The maximum atomic E-state index is 10.4. The van der Waals surface area contributed by atoms with Crippen molar-refractivity contribution in [3.05, 3.63) is 0 Å². The zero-order valence-corrected chi connectivity index (χ0v) is 5.95. The second-order valence-electron chi connectivity index (χ2n) is 2.38. The van der Waals surface area contributed by atoms with Crippen molar-refractivity contribution in [2.24, 2.45) is 11.7 Å². The Morgan fingerprint density at radius 1 is 1.70 bits per heavy atom. The Kier molecular flexibility index (Phi) is 3.99. The Morgan fingerprint density at radius 2 is 2.20 bits per heavy atom. The molecule has 0 fully saturated rings. The number of carbonyl (C=O) groups is 1. The first kappa shape index (κ1) is 9.39. The lowest BCUT2D eigenvalue weighted by atomic mass is 10.0. The summed E-state index contributed by atoms with van der Waals surface area (Å²) in [5.74, 6) is -0.824. The summed E-state index contributed by atoms with van der Waals surface area (Å²) in [6, 6.07) is 0. The monoisotopic (exact) mass is 147 g/mol. The van der Waals surface area contributed by atoms with E-state index < -0.39 is 12.0 Å². The number of rotatable bonds is 4. The van der Waals surface area contributed by atoms with E-state index in [9.17, 15) is 4.79 Å². The summed E-state index contributed by atoms with van der Waals surface area (Å²) in [5.41, 5.74) is 4.91. The molecule has 0 spiro atoms. The molecule has 60 valence electrons. The van der Waals surface area contributed by atoms with Gasteiger partial charge in [-0.05, 0) is 6.42 Å².